The van der Waals surface area contributed by atoms with Gasteiger partial charge in [-0.05, 0) is 24.6 Å². The summed E-state index contributed by atoms with van der Waals surface area (Å²) in [5.74, 6) is 1.33. The molecule has 1 unspecified atom stereocenters. The van der Waals surface area contributed by atoms with Crippen molar-refractivity contribution in [3.8, 4) is 0 Å². The monoisotopic (exact) mass is 265 g/mol. The summed E-state index contributed by atoms with van der Waals surface area (Å²) in [7, 11) is 5.57. The van der Waals surface area contributed by atoms with Crippen molar-refractivity contribution >= 4 is 11.8 Å². The molecule has 106 valence electrons. The van der Waals surface area contributed by atoms with Crippen LogP contribution in [0.5, 0.6) is 0 Å². The Morgan fingerprint density at radius 2 is 2.32 bits per heavy atom. The predicted octanol–water partition coefficient (Wildman–Crippen LogP) is 0.587. The summed E-state index contributed by atoms with van der Waals surface area (Å²) >= 11 is 0. The minimum Gasteiger partial charge on any atom is -0.383 e. The van der Waals surface area contributed by atoms with E-state index in [0.717, 1.165) is 11.4 Å². The predicted molar refractivity (Wildman–Crippen MR) is 78.4 cm³/mol. The maximum Gasteiger partial charge on any atom is 0.189 e. The van der Waals surface area contributed by atoms with Gasteiger partial charge in [0.05, 0.1) is 13.2 Å². The van der Waals surface area contributed by atoms with E-state index in [2.05, 4.69) is 15.3 Å². The van der Waals surface area contributed by atoms with E-state index in [1.165, 1.54) is 0 Å². The number of hydrogen-bond acceptors (Lipinski definition) is 4. The van der Waals surface area contributed by atoms with Crippen molar-refractivity contribution in [2.45, 2.75) is 19.5 Å². The number of pyridine rings is 1. The summed E-state index contributed by atoms with van der Waals surface area (Å²) in [5, 5.41) is 3.07. The quantitative estimate of drug-likeness (QED) is 0.581. The molecule has 1 rings (SSSR count). The molecule has 0 radical (unpaired) electrons. The number of nitrogens with zero attached hydrogens (tertiary/aromatic N) is 3. The van der Waals surface area contributed by atoms with E-state index in [0.29, 0.717) is 19.1 Å². The fourth-order valence-electron chi connectivity index (χ4n) is 1.57. The fraction of sp³-hybridized carbons (Fsp3) is 0.538. The average Bonchev–Trinajstić information content (AvgIpc) is 2.37. The van der Waals surface area contributed by atoms with E-state index in [-0.39, 0.29) is 6.04 Å². The number of aromatic nitrogens is 1. The number of nitrogens with two attached hydrogens (primary N) is 1. The van der Waals surface area contributed by atoms with Gasteiger partial charge in [0, 0.05) is 33.4 Å². The Labute approximate surface area is 114 Å². The van der Waals surface area contributed by atoms with Gasteiger partial charge in [0.25, 0.3) is 0 Å². The Bertz CT molecular complexity index is 419. The molecule has 6 nitrogen and oxygen atoms in total. The van der Waals surface area contributed by atoms with Crippen molar-refractivity contribution < 1.29 is 4.74 Å². The molecule has 0 aliphatic heterocycles. The SMILES string of the molecule is COCC(C)NC(N)=NCc1ccnc(N(C)C)c1. The Balaban J connectivity index is 2.57. The van der Waals surface area contributed by atoms with Gasteiger partial charge in [-0.2, -0.15) is 0 Å². The number of methoxy groups -OCH3 is 1. The third kappa shape index (κ3) is 5.56. The summed E-state index contributed by atoms with van der Waals surface area (Å²) in [6.45, 7) is 3.11. The van der Waals surface area contributed by atoms with Crippen LogP contribution < -0.4 is 16.0 Å². The summed E-state index contributed by atoms with van der Waals surface area (Å²) in [4.78, 5) is 10.5. The second-order valence-corrected chi connectivity index (χ2v) is 4.62. The molecule has 1 aromatic rings. The van der Waals surface area contributed by atoms with Crippen LogP contribution in [-0.2, 0) is 11.3 Å². The maximum atomic E-state index is 5.81. The molecule has 0 bridgehead atoms. The average molecular weight is 265 g/mol. The number of hydrogen-bond donors (Lipinski definition) is 2. The largest absolute Gasteiger partial charge is 0.383 e. The molecule has 0 fully saturated rings. The minimum absolute atomic E-state index is 0.142. The third-order valence-corrected chi connectivity index (χ3v) is 2.51. The van der Waals surface area contributed by atoms with Crippen LogP contribution in [0.15, 0.2) is 23.3 Å². The first kappa shape index (κ1) is 15.2. The van der Waals surface area contributed by atoms with Gasteiger partial charge in [0.15, 0.2) is 5.96 Å². The van der Waals surface area contributed by atoms with Crippen LogP contribution in [0.4, 0.5) is 5.82 Å². The lowest BCUT2D eigenvalue weighted by Crippen LogP contribution is -2.40. The second kappa shape index (κ2) is 7.58. The zero-order valence-corrected chi connectivity index (χ0v) is 12.1. The van der Waals surface area contributed by atoms with Crippen molar-refractivity contribution in [2.24, 2.45) is 10.7 Å². The highest BCUT2D eigenvalue weighted by Gasteiger charge is 2.02. The van der Waals surface area contributed by atoms with E-state index in [1.54, 1.807) is 13.3 Å². The highest BCUT2D eigenvalue weighted by molar-refractivity contribution is 5.78. The topological polar surface area (TPSA) is 75.8 Å². The molecule has 1 heterocycles. The van der Waals surface area contributed by atoms with Gasteiger partial charge in [-0.3, -0.25) is 0 Å². The molecule has 0 amide bonds. The van der Waals surface area contributed by atoms with E-state index < -0.39 is 0 Å². The zero-order valence-electron chi connectivity index (χ0n) is 12.1. The third-order valence-electron chi connectivity index (χ3n) is 2.51. The van der Waals surface area contributed by atoms with Gasteiger partial charge in [-0.25, -0.2) is 9.98 Å². The molecule has 1 aromatic heterocycles. The highest BCUT2D eigenvalue weighted by atomic mass is 16.5. The van der Waals surface area contributed by atoms with Gasteiger partial charge < -0.3 is 20.7 Å². The minimum atomic E-state index is 0.142. The Kier molecular flexibility index (Phi) is 6.08. The van der Waals surface area contributed by atoms with Crippen molar-refractivity contribution in [2.75, 3.05) is 32.7 Å². The van der Waals surface area contributed by atoms with E-state index in [9.17, 15) is 0 Å². The van der Waals surface area contributed by atoms with Crippen LogP contribution in [0.25, 0.3) is 0 Å². The van der Waals surface area contributed by atoms with Crippen molar-refractivity contribution in [3.05, 3.63) is 23.9 Å². The molecule has 1 atom stereocenters. The molecule has 0 spiro atoms. The van der Waals surface area contributed by atoms with Gasteiger partial charge in [0.2, 0.25) is 0 Å². The standard InChI is InChI=1S/C13H23N5O/c1-10(9-19-4)17-13(14)16-8-11-5-6-15-12(7-11)18(2)3/h5-7,10H,8-9H2,1-4H3,(H3,14,16,17). The lowest BCUT2D eigenvalue weighted by Gasteiger charge is -2.13. The second-order valence-electron chi connectivity index (χ2n) is 4.62. The number of anilines is 1. The van der Waals surface area contributed by atoms with Gasteiger partial charge >= 0.3 is 0 Å². The molecule has 6 heteroatoms. The van der Waals surface area contributed by atoms with Gasteiger partial charge in [0.1, 0.15) is 5.82 Å². The molecule has 3 N–H and O–H groups in total. The number of aliphatic imine (C=N–C) groups is 1. The Hall–Kier alpha value is -1.82. The first-order valence-corrected chi connectivity index (χ1v) is 6.20. The van der Waals surface area contributed by atoms with E-state index in [4.69, 9.17) is 10.5 Å². The fourth-order valence-corrected chi connectivity index (χ4v) is 1.57. The number of nitrogens with one attached hydrogen (secondary N) is 1. The number of rotatable bonds is 6. The lowest BCUT2D eigenvalue weighted by molar-refractivity contribution is 0.179. The first-order chi connectivity index (χ1) is 9.02. The molecule has 0 aliphatic rings. The molecule has 19 heavy (non-hydrogen) atoms. The molecule has 0 saturated heterocycles. The van der Waals surface area contributed by atoms with Crippen LogP contribution in [0.3, 0.4) is 0 Å². The van der Waals surface area contributed by atoms with Crippen LogP contribution in [0, 0.1) is 0 Å². The van der Waals surface area contributed by atoms with Crippen LogP contribution in [0.1, 0.15) is 12.5 Å². The maximum absolute atomic E-state index is 5.81. The summed E-state index contributed by atoms with van der Waals surface area (Å²) in [5.41, 5.74) is 6.88. The van der Waals surface area contributed by atoms with E-state index >= 15 is 0 Å². The molecular formula is C13H23N5O. The van der Waals surface area contributed by atoms with Gasteiger partial charge in [-0.15, -0.1) is 0 Å². The summed E-state index contributed by atoms with van der Waals surface area (Å²) < 4.78 is 5.02. The van der Waals surface area contributed by atoms with Gasteiger partial charge in [-0.1, -0.05) is 0 Å². The molecule has 0 aliphatic carbocycles. The van der Waals surface area contributed by atoms with Crippen LogP contribution >= 0.6 is 0 Å². The number of guanidine groups is 1. The molecule has 0 saturated carbocycles. The van der Waals surface area contributed by atoms with Crippen LogP contribution in [0.2, 0.25) is 0 Å². The van der Waals surface area contributed by atoms with Crippen molar-refractivity contribution in [3.63, 3.8) is 0 Å². The smallest absolute Gasteiger partial charge is 0.189 e. The summed E-state index contributed by atoms with van der Waals surface area (Å²) in [6, 6.07) is 4.07. The first-order valence-electron chi connectivity index (χ1n) is 6.20. The molecule has 0 aromatic carbocycles. The molecular weight excluding hydrogens is 242 g/mol. The van der Waals surface area contributed by atoms with Crippen molar-refractivity contribution in [1.29, 1.82) is 0 Å². The van der Waals surface area contributed by atoms with E-state index in [1.807, 2.05) is 38.1 Å². The highest BCUT2D eigenvalue weighted by Crippen LogP contribution is 2.10. The zero-order chi connectivity index (χ0) is 14.3. The number of ether oxygens (including phenoxy) is 1. The van der Waals surface area contributed by atoms with Crippen molar-refractivity contribution in [1.82, 2.24) is 10.3 Å². The Morgan fingerprint density at radius 3 is 2.95 bits per heavy atom. The normalized spacial score (nSPS) is 13.2. The lowest BCUT2D eigenvalue weighted by atomic mass is 10.2. The van der Waals surface area contributed by atoms with Crippen LogP contribution in [-0.4, -0.2) is 44.8 Å². The summed E-state index contributed by atoms with van der Waals surface area (Å²) in [6.07, 6.45) is 1.78. The Morgan fingerprint density at radius 1 is 1.58 bits per heavy atom.